The van der Waals surface area contributed by atoms with E-state index in [0.717, 1.165) is 7.11 Å². The maximum atomic E-state index is 13.9. The first-order chi connectivity index (χ1) is 13.2. The van der Waals surface area contributed by atoms with E-state index in [-0.39, 0.29) is 11.6 Å². The lowest BCUT2D eigenvalue weighted by Gasteiger charge is -2.34. The van der Waals surface area contributed by atoms with Crippen LogP contribution in [0.5, 0.6) is 5.75 Å². The number of hydrogen-bond acceptors (Lipinski definition) is 6. The van der Waals surface area contributed by atoms with Gasteiger partial charge in [0.25, 0.3) is 5.91 Å². The molecule has 10 heteroatoms. The molecule has 0 spiro atoms. The standard InChI is InChI=1S/C18H18F3N3O4/c1-12-8-9-14(22-10-12)23-17(16(26)27-2,18(19,20)21)24-15(25)11-28-13-6-4-3-5-7-13/h3-10H,11H2,1-2H3,(H,22,23)(H,24,25). The van der Waals surface area contributed by atoms with Crippen LogP contribution in [0.25, 0.3) is 0 Å². The molecule has 1 heterocycles. The van der Waals surface area contributed by atoms with Gasteiger partial charge in [0.15, 0.2) is 6.61 Å². The van der Waals surface area contributed by atoms with Crippen molar-refractivity contribution in [2.24, 2.45) is 0 Å². The van der Waals surface area contributed by atoms with E-state index in [1.807, 2.05) is 5.32 Å². The lowest BCUT2D eigenvalue weighted by Crippen LogP contribution is -2.69. The first kappa shape index (κ1) is 21.0. The summed E-state index contributed by atoms with van der Waals surface area (Å²) in [6, 6.07) is 10.8. The molecule has 2 N–H and O–H groups in total. The number of aromatic nitrogens is 1. The summed E-state index contributed by atoms with van der Waals surface area (Å²) in [5.41, 5.74) is -2.84. The quantitative estimate of drug-likeness (QED) is 0.551. The number of ether oxygens (including phenoxy) is 2. The summed E-state index contributed by atoms with van der Waals surface area (Å²) >= 11 is 0. The lowest BCUT2D eigenvalue weighted by molar-refractivity contribution is -0.206. The minimum Gasteiger partial charge on any atom is -0.484 e. The smallest absolute Gasteiger partial charge is 0.441 e. The number of esters is 1. The Morgan fingerprint density at radius 3 is 2.32 bits per heavy atom. The van der Waals surface area contributed by atoms with Gasteiger partial charge < -0.3 is 20.1 Å². The third-order valence-electron chi connectivity index (χ3n) is 3.58. The van der Waals surface area contributed by atoms with E-state index in [2.05, 4.69) is 9.72 Å². The average molecular weight is 397 g/mol. The summed E-state index contributed by atoms with van der Waals surface area (Å²) in [4.78, 5) is 28.0. The molecular weight excluding hydrogens is 379 g/mol. The zero-order valence-corrected chi connectivity index (χ0v) is 15.0. The summed E-state index contributed by atoms with van der Waals surface area (Å²) < 4.78 is 51.0. The number of rotatable bonds is 7. The number of aryl methyl sites for hydroxylation is 1. The summed E-state index contributed by atoms with van der Waals surface area (Å²) in [6.45, 7) is 0.943. The van der Waals surface area contributed by atoms with Crippen LogP contribution in [-0.2, 0) is 14.3 Å². The Morgan fingerprint density at radius 2 is 1.79 bits per heavy atom. The van der Waals surface area contributed by atoms with E-state index < -0.39 is 30.3 Å². The first-order valence-electron chi connectivity index (χ1n) is 8.03. The number of carbonyl (C=O) groups excluding carboxylic acids is 2. The van der Waals surface area contributed by atoms with E-state index in [1.165, 1.54) is 30.5 Å². The molecule has 0 aliphatic heterocycles. The first-order valence-corrected chi connectivity index (χ1v) is 8.03. The third-order valence-corrected chi connectivity index (χ3v) is 3.58. The molecule has 1 atom stereocenters. The fourth-order valence-corrected chi connectivity index (χ4v) is 2.19. The minimum atomic E-state index is -5.24. The normalized spacial score (nSPS) is 13.2. The Labute approximate surface area is 158 Å². The molecule has 0 radical (unpaired) electrons. The number of carbonyl (C=O) groups is 2. The summed E-state index contributed by atoms with van der Waals surface area (Å²) in [5, 5.41) is 3.58. The number of hydrogen-bond donors (Lipinski definition) is 2. The molecule has 2 aromatic rings. The molecule has 7 nitrogen and oxygen atoms in total. The maximum absolute atomic E-state index is 13.9. The Morgan fingerprint density at radius 1 is 1.11 bits per heavy atom. The number of pyridine rings is 1. The molecule has 2 rings (SSSR count). The molecule has 1 aromatic heterocycles. The number of nitrogens with one attached hydrogen (secondary N) is 2. The van der Waals surface area contributed by atoms with Gasteiger partial charge in [-0.3, -0.25) is 4.79 Å². The Bertz CT molecular complexity index is 813. The number of nitrogens with zero attached hydrogens (tertiary/aromatic N) is 1. The van der Waals surface area contributed by atoms with Gasteiger partial charge >= 0.3 is 17.8 Å². The highest BCUT2D eigenvalue weighted by Crippen LogP contribution is 2.32. The van der Waals surface area contributed by atoms with Crippen LogP contribution in [0, 0.1) is 6.92 Å². The molecule has 0 aliphatic carbocycles. The second-order valence-electron chi connectivity index (χ2n) is 5.74. The van der Waals surface area contributed by atoms with Crippen LogP contribution in [-0.4, -0.2) is 42.4 Å². The fraction of sp³-hybridized carbons (Fsp3) is 0.278. The van der Waals surface area contributed by atoms with Crippen LogP contribution in [0.3, 0.4) is 0 Å². The van der Waals surface area contributed by atoms with Gasteiger partial charge in [-0.15, -0.1) is 0 Å². The van der Waals surface area contributed by atoms with Crippen LogP contribution >= 0.6 is 0 Å². The van der Waals surface area contributed by atoms with Gasteiger partial charge in [-0.05, 0) is 30.7 Å². The number of benzene rings is 1. The lowest BCUT2D eigenvalue weighted by atomic mass is 10.1. The van der Waals surface area contributed by atoms with Crippen molar-refractivity contribution in [3.63, 3.8) is 0 Å². The highest BCUT2D eigenvalue weighted by atomic mass is 19.4. The van der Waals surface area contributed by atoms with Crippen molar-refractivity contribution in [1.82, 2.24) is 10.3 Å². The highest BCUT2D eigenvalue weighted by molar-refractivity contribution is 5.91. The SMILES string of the molecule is COC(=O)C(NC(=O)COc1ccccc1)(Nc1ccc(C)cn1)C(F)(F)F. The Kier molecular flexibility index (Phi) is 6.45. The molecule has 28 heavy (non-hydrogen) atoms. The largest absolute Gasteiger partial charge is 0.484 e. The van der Waals surface area contributed by atoms with Crippen molar-refractivity contribution >= 4 is 17.7 Å². The van der Waals surface area contributed by atoms with Crippen LogP contribution in [0.4, 0.5) is 19.0 Å². The van der Waals surface area contributed by atoms with Crippen LogP contribution in [0.1, 0.15) is 5.56 Å². The monoisotopic (exact) mass is 397 g/mol. The third kappa shape index (κ3) is 4.90. The van der Waals surface area contributed by atoms with Crippen molar-refractivity contribution in [2.45, 2.75) is 18.8 Å². The van der Waals surface area contributed by atoms with E-state index in [9.17, 15) is 22.8 Å². The predicted octanol–water partition coefficient (Wildman–Crippen LogP) is 2.43. The Hall–Kier alpha value is -3.30. The second-order valence-corrected chi connectivity index (χ2v) is 5.74. The number of amides is 1. The molecule has 150 valence electrons. The van der Waals surface area contributed by atoms with E-state index in [0.29, 0.717) is 5.56 Å². The molecule has 0 bridgehead atoms. The molecule has 0 saturated heterocycles. The topological polar surface area (TPSA) is 89.5 Å². The number of methoxy groups -OCH3 is 1. The van der Waals surface area contributed by atoms with Crippen LogP contribution in [0.2, 0.25) is 0 Å². The van der Waals surface area contributed by atoms with Crippen LogP contribution in [0.15, 0.2) is 48.7 Å². The summed E-state index contributed by atoms with van der Waals surface area (Å²) in [7, 11) is 0.777. The number of para-hydroxylation sites is 1. The zero-order valence-electron chi connectivity index (χ0n) is 15.0. The number of alkyl halides is 3. The van der Waals surface area contributed by atoms with Gasteiger partial charge in [0.2, 0.25) is 0 Å². The maximum Gasteiger partial charge on any atom is 0.441 e. The summed E-state index contributed by atoms with van der Waals surface area (Å²) in [5.74, 6) is -2.94. The van der Waals surface area contributed by atoms with Gasteiger partial charge in [0.1, 0.15) is 11.6 Å². The van der Waals surface area contributed by atoms with Gasteiger partial charge in [0.05, 0.1) is 7.11 Å². The van der Waals surface area contributed by atoms with Crippen molar-refractivity contribution in [3.8, 4) is 5.75 Å². The number of anilines is 1. The van der Waals surface area contributed by atoms with E-state index in [1.54, 1.807) is 30.4 Å². The molecule has 0 saturated carbocycles. The van der Waals surface area contributed by atoms with Crippen molar-refractivity contribution in [1.29, 1.82) is 0 Å². The van der Waals surface area contributed by atoms with Gasteiger partial charge in [-0.25, -0.2) is 9.78 Å². The molecule has 0 fully saturated rings. The van der Waals surface area contributed by atoms with Gasteiger partial charge in [-0.2, -0.15) is 13.2 Å². The average Bonchev–Trinajstić information content (AvgIpc) is 2.66. The van der Waals surface area contributed by atoms with Crippen molar-refractivity contribution < 1.29 is 32.2 Å². The molecule has 1 amide bonds. The highest BCUT2D eigenvalue weighted by Gasteiger charge is 2.63. The predicted molar refractivity (Wildman–Crippen MR) is 93.5 cm³/mol. The summed E-state index contributed by atoms with van der Waals surface area (Å²) in [6.07, 6.45) is -3.93. The minimum absolute atomic E-state index is 0.279. The Balaban J connectivity index is 2.27. The second kappa shape index (κ2) is 8.59. The molecule has 0 aliphatic rings. The van der Waals surface area contributed by atoms with E-state index in [4.69, 9.17) is 4.74 Å². The van der Waals surface area contributed by atoms with E-state index >= 15 is 0 Å². The van der Waals surface area contributed by atoms with Crippen molar-refractivity contribution in [2.75, 3.05) is 19.0 Å². The molecular formula is C18H18F3N3O4. The number of halogens is 3. The fourth-order valence-electron chi connectivity index (χ4n) is 2.19. The van der Waals surface area contributed by atoms with Crippen molar-refractivity contribution in [3.05, 3.63) is 54.2 Å². The van der Waals surface area contributed by atoms with Crippen LogP contribution < -0.4 is 15.4 Å². The van der Waals surface area contributed by atoms with Gasteiger partial charge in [0, 0.05) is 6.20 Å². The molecule has 1 aromatic carbocycles. The molecule has 1 unspecified atom stereocenters. The zero-order chi connectivity index (χ0) is 20.8. The van der Waals surface area contributed by atoms with Gasteiger partial charge in [-0.1, -0.05) is 24.3 Å².